The summed E-state index contributed by atoms with van der Waals surface area (Å²) in [6, 6.07) is 11.4. The Morgan fingerprint density at radius 2 is 1.92 bits per heavy atom. The van der Waals surface area contributed by atoms with Gasteiger partial charge in [0.15, 0.2) is 11.5 Å². The summed E-state index contributed by atoms with van der Waals surface area (Å²) in [7, 11) is -3.29. The zero-order chi connectivity index (χ0) is 17.4. The fourth-order valence-corrected chi connectivity index (χ4v) is 3.71. The number of hydrogen-bond donors (Lipinski definition) is 1. The summed E-state index contributed by atoms with van der Waals surface area (Å²) in [6.07, 6.45) is 2.65. The standard InChI is InChI=1S/C18H18N2O4S.ClH/c1-25(21,22)20-14-4-2-3-12(7-14)8-16-15-10-18-17(23-11-24-18)9-13(15)5-6-19-16;/h2-4,7,9-10,20H,5-6,8,11H2,1H3;1H. The van der Waals surface area contributed by atoms with Crippen LogP contribution in [0.15, 0.2) is 41.4 Å². The van der Waals surface area contributed by atoms with Crippen molar-refractivity contribution in [1.82, 2.24) is 0 Å². The van der Waals surface area contributed by atoms with E-state index >= 15 is 0 Å². The van der Waals surface area contributed by atoms with E-state index in [1.54, 1.807) is 6.07 Å². The number of nitrogens with one attached hydrogen (secondary N) is 1. The summed E-state index contributed by atoms with van der Waals surface area (Å²) >= 11 is 0. The van der Waals surface area contributed by atoms with Gasteiger partial charge < -0.3 is 9.47 Å². The molecule has 0 aromatic heterocycles. The highest BCUT2D eigenvalue weighted by Gasteiger charge is 2.22. The monoisotopic (exact) mass is 394 g/mol. The number of benzene rings is 2. The molecule has 0 fully saturated rings. The summed E-state index contributed by atoms with van der Waals surface area (Å²) in [5.74, 6) is 1.54. The number of ether oxygens (including phenoxy) is 2. The normalized spacial score (nSPS) is 14.9. The quantitative estimate of drug-likeness (QED) is 0.865. The minimum atomic E-state index is -3.29. The van der Waals surface area contributed by atoms with Crippen LogP contribution in [0.1, 0.15) is 16.7 Å². The van der Waals surface area contributed by atoms with Crippen LogP contribution in [0.5, 0.6) is 11.5 Å². The first-order valence-electron chi connectivity index (χ1n) is 8.01. The van der Waals surface area contributed by atoms with Crippen molar-refractivity contribution in [3.05, 3.63) is 53.1 Å². The fourth-order valence-electron chi connectivity index (χ4n) is 3.16. The van der Waals surface area contributed by atoms with Crippen molar-refractivity contribution in [2.75, 3.05) is 24.3 Å². The van der Waals surface area contributed by atoms with Crippen LogP contribution in [0.3, 0.4) is 0 Å². The maximum atomic E-state index is 11.4. The highest BCUT2D eigenvalue weighted by atomic mass is 35.5. The number of halogens is 1. The van der Waals surface area contributed by atoms with Crippen LogP contribution in [-0.4, -0.2) is 33.7 Å². The maximum absolute atomic E-state index is 11.4. The minimum absolute atomic E-state index is 0. The Bertz CT molecular complexity index is 973. The Labute approximate surface area is 158 Å². The van der Waals surface area contributed by atoms with E-state index < -0.39 is 10.0 Å². The molecule has 0 radical (unpaired) electrons. The lowest BCUT2D eigenvalue weighted by molar-refractivity contribution is 0.174. The molecule has 2 aliphatic heterocycles. The van der Waals surface area contributed by atoms with Gasteiger partial charge in [-0.15, -0.1) is 12.4 Å². The molecule has 8 heteroatoms. The molecule has 0 spiro atoms. The third-order valence-corrected chi connectivity index (χ3v) is 4.80. The first kappa shape index (κ1) is 18.5. The molecule has 0 unspecified atom stereocenters. The molecule has 0 aliphatic carbocycles. The van der Waals surface area contributed by atoms with Gasteiger partial charge in [-0.3, -0.25) is 9.71 Å². The third-order valence-electron chi connectivity index (χ3n) is 4.19. The van der Waals surface area contributed by atoms with Crippen LogP contribution in [0, 0.1) is 0 Å². The Morgan fingerprint density at radius 1 is 1.15 bits per heavy atom. The Kier molecular flexibility index (Phi) is 5.11. The predicted molar refractivity (Wildman–Crippen MR) is 104 cm³/mol. The van der Waals surface area contributed by atoms with Crippen molar-refractivity contribution < 1.29 is 17.9 Å². The Morgan fingerprint density at radius 3 is 2.69 bits per heavy atom. The van der Waals surface area contributed by atoms with Crippen molar-refractivity contribution in [2.45, 2.75) is 12.8 Å². The Balaban J connectivity index is 0.00000196. The molecule has 138 valence electrons. The second-order valence-electron chi connectivity index (χ2n) is 6.19. The van der Waals surface area contributed by atoms with E-state index in [1.807, 2.05) is 30.3 Å². The van der Waals surface area contributed by atoms with Crippen LogP contribution < -0.4 is 14.2 Å². The van der Waals surface area contributed by atoms with E-state index in [1.165, 1.54) is 5.56 Å². The lowest BCUT2D eigenvalue weighted by atomic mass is 9.93. The molecular formula is C18H19ClN2O4S. The van der Waals surface area contributed by atoms with E-state index in [0.717, 1.165) is 47.6 Å². The molecule has 1 N–H and O–H groups in total. The fraction of sp³-hybridized carbons (Fsp3) is 0.278. The second kappa shape index (κ2) is 7.17. The molecule has 0 atom stereocenters. The van der Waals surface area contributed by atoms with Gasteiger partial charge in [0.1, 0.15) is 0 Å². The first-order chi connectivity index (χ1) is 12.0. The molecule has 4 rings (SSSR count). The van der Waals surface area contributed by atoms with Crippen LogP contribution in [0.2, 0.25) is 0 Å². The SMILES string of the molecule is CS(=O)(=O)Nc1cccc(CC2=NCCc3cc4c(cc32)OCO4)c1.Cl. The van der Waals surface area contributed by atoms with E-state index in [4.69, 9.17) is 9.47 Å². The lowest BCUT2D eigenvalue weighted by Crippen LogP contribution is -2.15. The van der Waals surface area contributed by atoms with Crippen molar-refractivity contribution >= 4 is 33.8 Å². The molecular weight excluding hydrogens is 376 g/mol. The van der Waals surface area contributed by atoms with Crippen molar-refractivity contribution in [3.8, 4) is 11.5 Å². The molecule has 2 aromatic carbocycles. The topological polar surface area (TPSA) is 77.0 Å². The summed E-state index contributed by atoms with van der Waals surface area (Å²) in [5.41, 5.74) is 4.83. The minimum Gasteiger partial charge on any atom is -0.454 e. The highest BCUT2D eigenvalue weighted by molar-refractivity contribution is 7.92. The molecule has 2 aromatic rings. The number of aliphatic imine (C=N–C) groups is 1. The van der Waals surface area contributed by atoms with Gasteiger partial charge in [-0.05, 0) is 41.8 Å². The van der Waals surface area contributed by atoms with Gasteiger partial charge in [-0.1, -0.05) is 12.1 Å². The highest BCUT2D eigenvalue weighted by Crippen LogP contribution is 2.36. The van der Waals surface area contributed by atoms with Gasteiger partial charge in [0.05, 0.1) is 6.26 Å². The Hall–Kier alpha value is -2.25. The van der Waals surface area contributed by atoms with E-state index in [-0.39, 0.29) is 19.2 Å². The van der Waals surface area contributed by atoms with Crippen molar-refractivity contribution in [3.63, 3.8) is 0 Å². The molecule has 6 nitrogen and oxygen atoms in total. The molecule has 2 heterocycles. The summed E-state index contributed by atoms with van der Waals surface area (Å²) in [4.78, 5) is 4.68. The maximum Gasteiger partial charge on any atom is 0.231 e. The largest absolute Gasteiger partial charge is 0.454 e. The number of nitrogens with zero attached hydrogens (tertiary/aromatic N) is 1. The third kappa shape index (κ3) is 3.94. The number of anilines is 1. The van der Waals surface area contributed by atoms with E-state index in [0.29, 0.717) is 12.1 Å². The van der Waals surface area contributed by atoms with E-state index in [2.05, 4.69) is 9.71 Å². The number of rotatable bonds is 4. The van der Waals surface area contributed by atoms with Crippen LogP contribution in [0.25, 0.3) is 0 Å². The zero-order valence-electron chi connectivity index (χ0n) is 14.2. The molecule has 0 saturated heterocycles. The van der Waals surface area contributed by atoms with Gasteiger partial charge in [0, 0.05) is 29.9 Å². The molecule has 26 heavy (non-hydrogen) atoms. The lowest BCUT2D eigenvalue weighted by Gasteiger charge is -2.18. The molecule has 0 amide bonds. The average Bonchev–Trinajstić information content (AvgIpc) is 2.99. The van der Waals surface area contributed by atoms with Crippen LogP contribution in [0.4, 0.5) is 5.69 Å². The molecule has 2 aliphatic rings. The number of hydrogen-bond acceptors (Lipinski definition) is 5. The first-order valence-corrected chi connectivity index (χ1v) is 9.90. The number of sulfonamides is 1. The molecule has 0 bridgehead atoms. The van der Waals surface area contributed by atoms with Gasteiger partial charge >= 0.3 is 0 Å². The van der Waals surface area contributed by atoms with Gasteiger partial charge in [0.25, 0.3) is 0 Å². The van der Waals surface area contributed by atoms with E-state index in [9.17, 15) is 8.42 Å². The van der Waals surface area contributed by atoms with Gasteiger partial charge in [0.2, 0.25) is 16.8 Å². The van der Waals surface area contributed by atoms with Crippen molar-refractivity contribution in [1.29, 1.82) is 0 Å². The number of fused-ring (bicyclic) bond motifs is 2. The van der Waals surface area contributed by atoms with Gasteiger partial charge in [-0.25, -0.2) is 8.42 Å². The zero-order valence-corrected chi connectivity index (χ0v) is 15.8. The van der Waals surface area contributed by atoms with Crippen LogP contribution in [-0.2, 0) is 22.9 Å². The van der Waals surface area contributed by atoms with Crippen LogP contribution >= 0.6 is 12.4 Å². The second-order valence-corrected chi connectivity index (χ2v) is 7.94. The average molecular weight is 395 g/mol. The molecule has 0 saturated carbocycles. The summed E-state index contributed by atoms with van der Waals surface area (Å²) < 4.78 is 36.3. The summed E-state index contributed by atoms with van der Waals surface area (Å²) in [5, 5.41) is 0. The predicted octanol–water partition coefficient (Wildman–Crippen LogP) is 2.80. The van der Waals surface area contributed by atoms with Gasteiger partial charge in [-0.2, -0.15) is 0 Å². The summed E-state index contributed by atoms with van der Waals surface area (Å²) in [6.45, 7) is 0.993. The van der Waals surface area contributed by atoms with Crippen molar-refractivity contribution in [2.24, 2.45) is 4.99 Å². The smallest absolute Gasteiger partial charge is 0.231 e.